The lowest BCUT2D eigenvalue weighted by Gasteiger charge is -2.16. The maximum Gasteiger partial charge on any atom is 0.303 e. The number of likely N-dealkylation sites (N-methyl/N-ethyl adjacent to an activating group) is 1. The van der Waals surface area contributed by atoms with E-state index in [1.54, 1.807) is 18.2 Å². The minimum atomic E-state index is -1.04. The molecule has 0 aromatic rings. The van der Waals surface area contributed by atoms with Crippen LogP contribution in [0.4, 0.5) is 0 Å². The van der Waals surface area contributed by atoms with E-state index in [-0.39, 0.29) is 18.4 Å². The van der Waals surface area contributed by atoms with Crippen molar-refractivity contribution < 1.29 is 24.6 Å². The molecule has 1 heterocycles. The van der Waals surface area contributed by atoms with Crippen LogP contribution in [0.15, 0.2) is 72.1 Å². The number of aliphatic hydroxyl groups is 1. The van der Waals surface area contributed by atoms with Gasteiger partial charge in [0.25, 0.3) is 5.91 Å². The lowest BCUT2D eigenvalue weighted by molar-refractivity contribution is -0.138. The standard InChI is InChI=1S/C20H23NO5/c1-3-4-5-6-7-8-9-10-11-12-16(22)18-19(25)15(13-14-17(23)24)21(2)20(18)26/h3-12,15,22H,13-14H2,1-2H3,(H,23,24)/b4-3-,6-5+,8-7+,10-9+,12-11+,18-16?/t15-/m1/s1. The normalized spacial score (nSPS) is 20.8. The van der Waals surface area contributed by atoms with Crippen molar-refractivity contribution in [2.75, 3.05) is 7.05 Å². The zero-order valence-corrected chi connectivity index (χ0v) is 14.8. The molecule has 0 aliphatic carbocycles. The van der Waals surface area contributed by atoms with Crippen LogP contribution in [0.5, 0.6) is 0 Å². The van der Waals surface area contributed by atoms with Gasteiger partial charge in [-0.25, -0.2) is 0 Å². The highest BCUT2D eigenvalue weighted by Crippen LogP contribution is 2.24. The van der Waals surface area contributed by atoms with Crippen LogP contribution in [0.1, 0.15) is 19.8 Å². The van der Waals surface area contributed by atoms with Crippen LogP contribution in [0.2, 0.25) is 0 Å². The summed E-state index contributed by atoms with van der Waals surface area (Å²) in [5.41, 5.74) is -0.308. The molecular formula is C20H23NO5. The first-order valence-corrected chi connectivity index (χ1v) is 8.16. The van der Waals surface area contributed by atoms with Crippen molar-refractivity contribution in [2.24, 2.45) is 0 Å². The zero-order chi connectivity index (χ0) is 19.5. The smallest absolute Gasteiger partial charge is 0.303 e. The third-order valence-electron chi connectivity index (χ3n) is 3.66. The molecule has 0 aromatic heterocycles. The number of rotatable bonds is 8. The Labute approximate surface area is 152 Å². The monoisotopic (exact) mass is 357 g/mol. The molecule has 1 atom stereocenters. The first-order valence-electron chi connectivity index (χ1n) is 8.16. The second kappa shape index (κ2) is 10.7. The van der Waals surface area contributed by atoms with Gasteiger partial charge in [-0.1, -0.05) is 54.7 Å². The maximum atomic E-state index is 12.3. The SMILES string of the molecule is C\C=C/C=C/C=C/C=C/C=C/C(O)=C1C(=O)[C@@H](CCC(=O)O)N(C)C1=O. The molecule has 2 N–H and O–H groups in total. The van der Waals surface area contributed by atoms with Crippen LogP contribution in [0, 0.1) is 0 Å². The van der Waals surface area contributed by atoms with Crippen LogP contribution in [-0.2, 0) is 14.4 Å². The predicted molar refractivity (Wildman–Crippen MR) is 99.5 cm³/mol. The van der Waals surface area contributed by atoms with Gasteiger partial charge in [-0.05, 0) is 19.4 Å². The highest BCUT2D eigenvalue weighted by molar-refractivity contribution is 6.26. The lowest BCUT2D eigenvalue weighted by Crippen LogP contribution is -2.32. The van der Waals surface area contributed by atoms with E-state index in [1.165, 1.54) is 24.1 Å². The average molecular weight is 357 g/mol. The summed E-state index contributed by atoms with van der Waals surface area (Å²) in [6.07, 6.45) is 17.1. The van der Waals surface area contributed by atoms with E-state index in [2.05, 4.69) is 0 Å². The summed E-state index contributed by atoms with van der Waals surface area (Å²) in [6, 6.07) is -0.855. The molecule has 1 saturated heterocycles. The Morgan fingerprint density at radius 1 is 1.00 bits per heavy atom. The van der Waals surface area contributed by atoms with Crippen LogP contribution >= 0.6 is 0 Å². The minimum absolute atomic E-state index is 0.0162. The largest absolute Gasteiger partial charge is 0.507 e. The third kappa shape index (κ3) is 6.05. The summed E-state index contributed by atoms with van der Waals surface area (Å²) in [4.78, 5) is 36.3. The number of Topliss-reactive ketones (excluding diaryl/α,β-unsaturated/α-hetero) is 1. The Hall–Kier alpha value is -3.15. The molecule has 1 aliphatic heterocycles. The van der Waals surface area contributed by atoms with Crippen LogP contribution in [0.25, 0.3) is 0 Å². The highest BCUT2D eigenvalue weighted by atomic mass is 16.4. The number of aliphatic hydroxyl groups excluding tert-OH is 1. The van der Waals surface area contributed by atoms with E-state index in [0.29, 0.717) is 0 Å². The Balaban J connectivity index is 2.77. The summed E-state index contributed by atoms with van der Waals surface area (Å²) in [5, 5.41) is 18.8. The Morgan fingerprint density at radius 3 is 2.08 bits per heavy atom. The van der Waals surface area contributed by atoms with Gasteiger partial charge >= 0.3 is 5.97 Å². The van der Waals surface area contributed by atoms with Gasteiger partial charge < -0.3 is 15.1 Å². The number of carboxylic acids is 1. The maximum absolute atomic E-state index is 12.3. The van der Waals surface area contributed by atoms with E-state index in [4.69, 9.17) is 5.11 Å². The van der Waals surface area contributed by atoms with Gasteiger partial charge in [0, 0.05) is 13.5 Å². The molecule has 0 aromatic carbocycles. The molecule has 1 rings (SSSR count). The molecule has 26 heavy (non-hydrogen) atoms. The summed E-state index contributed by atoms with van der Waals surface area (Å²) >= 11 is 0. The number of hydrogen-bond acceptors (Lipinski definition) is 4. The quantitative estimate of drug-likeness (QED) is 0.301. The average Bonchev–Trinajstić information content (AvgIpc) is 2.80. The molecule has 6 nitrogen and oxygen atoms in total. The number of likely N-dealkylation sites (tertiary alicyclic amines) is 1. The van der Waals surface area contributed by atoms with Gasteiger partial charge in [0.15, 0.2) is 5.78 Å². The first kappa shape index (κ1) is 20.9. The number of carbonyl (C=O) groups excluding carboxylic acids is 2. The van der Waals surface area contributed by atoms with E-state index in [9.17, 15) is 19.5 Å². The van der Waals surface area contributed by atoms with Gasteiger partial charge in [0.1, 0.15) is 11.3 Å². The molecule has 6 heteroatoms. The molecule has 0 spiro atoms. The van der Waals surface area contributed by atoms with E-state index in [1.807, 2.05) is 37.3 Å². The van der Waals surface area contributed by atoms with Crippen molar-refractivity contribution >= 4 is 17.7 Å². The molecule has 0 unspecified atom stereocenters. The second-order valence-electron chi connectivity index (χ2n) is 5.53. The van der Waals surface area contributed by atoms with Gasteiger partial charge in [-0.15, -0.1) is 0 Å². The van der Waals surface area contributed by atoms with E-state index < -0.39 is 29.5 Å². The van der Waals surface area contributed by atoms with Gasteiger partial charge in [-0.2, -0.15) is 0 Å². The second-order valence-corrected chi connectivity index (χ2v) is 5.53. The first-order chi connectivity index (χ1) is 12.4. The number of aliphatic carboxylic acids is 1. The fourth-order valence-electron chi connectivity index (χ4n) is 2.31. The lowest BCUT2D eigenvalue weighted by atomic mass is 10.0. The fourth-order valence-corrected chi connectivity index (χ4v) is 2.31. The highest BCUT2D eigenvalue weighted by Gasteiger charge is 2.42. The molecule has 1 aliphatic rings. The van der Waals surface area contributed by atoms with Crippen LogP contribution in [-0.4, -0.2) is 45.9 Å². The molecule has 0 bridgehead atoms. The van der Waals surface area contributed by atoms with Crippen molar-refractivity contribution in [2.45, 2.75) is 25.8 Å². The summed E-state index contributed by atoms with van der Waals surface area (Å²) in [7, 11) is 1.42. The third-order valence-corrected chi connectivity index (χ3v) is 3.66. The number of allylic oxidation sites excluding steroid dienone is 10. The topological polar surface area (TPSA) is 94.9 Å². The van der Waals surface area contributed by atoms with Crippen molar-refractivity contribution in [1.29, 1.82) is 0 Å². The van der Waals surface area contributed by atoms with Crippen molar-refractivity contribution in [3.63, 3.8) is 0 Å². The van der Waals surface area contributed by atoms with E-state index >= 15 is 0 Å². The molecule has 0 saturated carbocycles. The number of ketones is 1. The van der Waals surface area contributed by atoms with Gasteiger partial charge in [0.2, 0.25) is 0 Å². The number of carboxylic acid groups (broad SMARTS) is 1. The number of amides is 1. The zero-order valence-electron chi connectivity index (χ0n) is 14.8. The molecule has 1 amide bonds. The van der Waals surface area contributed by atoms with Crippen molar-refractivity contribution in [3.8, 4) is 0 Å². The minimum Gasteiger partial charge on any atom is -0.507 e. The molecule has 1 fully saturated rings. The fraction of sp³-hybridized carbons (Fsp3) is 0.250. The van der Waals surface area contributed by atoms with Crippen molar-refractivity contribution in [1.82, 2.24) is 4.90 Å². The number of carbonyl (C=O) groups is 3. The summed E-state index contributed by atoms with van der Waals surface area (Å²) < 4.78 is 0. The van der Waals surface area contributed by atoms with Gasteiger partial charge in [0.05, 0.1) is 6.04 Å². The van der Waals surface area contributed by atoms with Crippen LogP contribution < -0.4 is 0 Å². The number of nitrogens with zero attached hydrogens (tertiary/aromatic N) is 1. The molecule has 0 radical (unpaired) electrons. The number of hydrogen-bond donors (Lipinski definition) is 2. The van der Waals surface area contributed by atoms with Gasteiger partial charge in [-0.3, -0.25) is 14.4 Å². The Bertz CT molecular complexity index is 722. The van der Waals surface area contributed by atoms with Crippen LogP contribution in [0.3, 0.4) is 0 Å². The molecule has 138 valence electrons. The van der Waals surface area contributed by atoms with E-state index in [0.717, 1.165) is 0 Å². The predicted octanol–water partition coefficient (Wildman–Crippen LogP) is 2.87. The molecular weight excluding hydrogens is 334 g/mol. The van der Waals surface area contributed by atoms with Crippen molar-refractivity contribution in [3.05, 3.63) is 72.1 Å². The Kier molecular flexibility index (Phi) is 8.57. The summed E-state index contributed by atoms with van der Waals surface area (Å²) in [5.74, 6) is -2.63. The summed E-state index contributed by atoms with van der Waals surface area (Å²) in [6.45, 7) is 1.92. The Morgan fingerprint density at radius 2 is 1.54 bits per heavy atom.